The van der Waals surface area contributed by atoms with E-state index in [1.807, 2.05) is 24.3 Å². The molecule has 31 heavy (non-hydrogen) atoms. The van der Waals surface area contributed by atoms with Gasteiger partial charge in [0.25, 0.3) is 11.8 Å². The van der Waals surface area contributed by atoms with Crippen molar-refractivity contribution in [1.82, 2.24) is 10.3 Å². The molecule has 2 amide bonds. The number of aromatic amines is 1. The summed E-state index contributed by atoms with van der Waals surface area (Å²) in [6.45, 7) is 0. The number of hydrogen-bond donors (Lipinski definition) is 4. The van der Waals surface area contributed by atoms with Gasteiger partial charge in [0.05, 0.1) is 17.5 Å². The third kappa shape index (κ3) is 4.32. The molecule has 0 radical (unpaired) electrons. The zero-order valence-corrected chi connectivity index (χ0v) is 16.3. The first-order valence-electron chi connectivity index (χ1n) is 9.55. The maximum atomic E-state index is 12.9. The van der Waals surface area contributed by atoms with Crippen molar-refractivity contribution < 1.29 is 23.9 Å². The van der Waals surface area contributed by atoms with Gasteiger partial charge in [-0.15, -0.1) is 0 Å². The van der Waals surface area contributed by atoms with Crippen molar-refractivity contribution >= 4 is 34.4 Å². The van der Waals surface area contributed by atoms with Gasteiger partial charge in [0.1, 0.15) is 6.04 Å². The minimum Gasteiger partial charge on any atom is -0.480 e. The van der Waals surface area contributed by atoms with Gasteiger partial charge in [0, 0.05) is 23.5 Å². The van der Waals surface area contributed by atoms with E-state index in [9.17, 15) is 19.5 Å². The molecule has 0 aliphatic rings. The maximum Gasteiger partial charge on any atom is 0.326 e. The van der Waals surface area contributed by atoms with Gasteiger partial charge in [-0.25, -0.2) is 4.79 Å². The summed E-state index contributed by atoms with van der Waals surface area (Å²) >= 11 is 0. The third-order valence-corrected chi connectivity index (χ3v) is 4.87. The minimum atomic E-state index is -1.16. The van der Waals surface area contributed by atoms with Crippen LogP contribution in [0.2, 0.25) is 0 Å². The van der Waals surface area contributed by atoms with Crippen LogP contribution >= 0.6 is 0 Å². The van der Waals surface area contributed by atoms with Crippen LogP contribution in [0, 0.1) is 0 Å². The molecule has 2 aromatic carbocycles. The second-order valence-corrected chi connectivity index (χ2v) is 6.90. The number of anilines is 1. The molecule has 2 heterocycles. The highest BCUT2D eigenvalue weighted by atomic mass is 16.4. The van der Waals surface area contributed by atoms with Crippen molar-refractivity contribution in [2.45, 2.75) is 12.5 Å². The van der Waals surface area contributed by atoms with Gasteiger partial charge in [-0.3, -0.25) is 9.59 Å². The quantitative estimate of drug-likeness (QED) is 0.367. The van der Waals surface area contributed by atoms with Gasteiger partial charge >= 0.3 is 5.97 Å². The van der Waals surface area contributed by atoms with Crippen LogP contribution in [0.3, 0.4) is 0 Å². The second-order valence-electron chi connectivity index (χ2n) is 6.90. The highest BCUT2D eigenvalue weighted by Gasteiger charge is 2.24. The van der Waals surface area contributed by atoms with E-state index >= 15 is 0 Å². The van der Waals surface area contributed by atoms with Crippen LogP contribution in [0.1, 0.15) is 26.5 Å². The Bertz CT molecular complexity index is 1240. The first kappa shape index (κ1) is 20.0. The fourth-order valence-electron chi connectivity index (χ4n) is 3.34. The van der Waals surface area contributed by atoms with E-state index in [0.29, 0.717) is 0 Å². The lowest BCUT2D eigenvalue weighted by Gasteiger charge is -2.16. The lowest BCUT2D eigenvalue weighted by atomic mass is 10.0. The van der Waals surface area contributed by atoms with E-state index in [2.05, 4.69) is 15.6 Å². The van der Waals surface area contributed by atoms with Crippen LogP contribution < -0.4 is 10.6 Å². The number of benzene rings is 2. The summed E-state index contributed by atoms with van der Waals surface area (Å²) in [5, 5.41) is 15.7. The average molecular weight is 417 g/mol. The highest BCUT2D eigenvalue weighted by Crippen LogP contribution is 2.20. The third-order valence-electron chi connectivity index (χ3n) is 4.87. The Morgan fingerprint density at radius 1 is 0.968 bits per heavy atom. The van der Waals surface area contributed by atoms with Gasteiger partial charge in [-0.2, -0.15) is 0 Å². The second kappa shape index (κ2) is 8.58. The minimum absolute atomic E-state index is 0.0953. The van der Waals surface area contributed by atoms with Crippen molar-refractivity contribution in [3.05, 3.63) is 90.0 Å². The van der Waals surface area contributed by atoms with E-state index in [-0.39, 0.29) is 23.4 Å². The molecule has 4 aromatic rings. The predicted octanol–water partition coefficient (Wildman–Crippen LogP) is 3.44. The molecule has 4 N–H and O–H groups in total. The normalized spacial score (nSPS) is 11.7. The number of amides is 2. The molecule has 1 atom stereocenters. The fraction of sp³-hybridized carbons (Fsp3) is 0.0870. The Labute approximate surface area is 176 Å². The molecule has 8 heteroatoms. The van der Waals surface area contributed by atoms with Crippen LogP contribution in [-0.2, 0) is 11.2 Å². The van der Waals surface area contributed by atoms with Gasteiger partial charge in [0.15, 0.2) is 5.76 Å². The van der Waals surface area contributed by atoms with Crippen LogP contribution in [0.15, 0.2) is 77.5 Å². The molecular weight excluding hydrogens is 398 g/mol. The summed E-state index contributed by atoms with van der Waals surface area (Å²) in [4.78, 5) is 40.1. The van der Waals surface area contributed by atoms with Crippen molar-refractivity contribution in [3.8, 4) is 0 Å². The largest absolute Gasteiger partial charge is 0.480 e. The van der Waals surface area contributed by atoms with Crippen LogP contribution in [0.4, 0.5) is 5.69 Å². The SMILES string of the molecule is O=C(Nc1ccccc1C(=O)NC(Cc1c[nH]c2ccccc12)C(=O)O)c1ccco1. The number of aliphatic carboxylic acids is 1. The fourth-order valence-corrected chi connectivity index (χ4v) is 3.34. The number of rotatable bonds is 7. The summed E-state index contributed by atoms with van der Waals surface area (Å²) < 4.78 is 5.06. The van der Waals surface area contributed by atoms with Gasteiger partial charge in [-0.1, -0.05) is 30.3 Å². The van der Waals surface area contributed by atoms with E-state index in [4.69, 9.17) is 4.42 Å². The lowest BCUT2D eigenvalue weighted by Crippen LogP contribution is -2.42. The number of carbonyl (C=O) groups excluding carboxylic acids is 2. The molecule has 4 rings (SSSR count). The van der Waals surface area contributed by atoms with E-state index in [1.165, 1.54) is 18.4 Å². The molecule has 0 fully saturated rings. The number of furan rings is 1. The number of para-hydroxylation sites is 2. The molecular formula is C23H19N3O5. The Hall–Kier alpha value is -4.33. The first-order chi connectivity index (χ1) is 15.0. The summed E-state index contributed by atoms with van der Waals surface area (Å²) in [6.07, 6.45) is 3.21. The number of fused-ring (bicyclic) bond motifs is 1. The van der Waals surface area contributed by atoms with E-state index < -0.39 is 23.8 Å². The van der Waals surface area contributed by atoms with Crippen molar-refractivity contribution in [1.29, 1.82) is 0 Å². The number of nitrogens with one attached hydrogen (secondary N) is 3. The molecule has 0 bridgehead atoms. The molecule has 0 aliphatic heterocycles. The average Bonchev–Trinajstić information content (AvgIpc) is 3.44. The Balaban J connectivity index is 1.53. The summed E-state index contributed by atoms with van der Waals surface area (Å²) in [5.41, 5.74) is 2.06. The molecule has 0 saturated carbocycles. The van der Waals surface area contributed by atoms with Crippen molar-refractivity contribution in [2.75, 3.05) is 5.32 Å². The Morgan fingerprint density at radius 3 is 2.52 bits per heavy atom. The maximum absolute atomic E-state index is 12.9. The van der Waals surface area contributed by atoms with Crippen molar-refractivity contribution in [3.63, 3.8) is 0 Å². The molecule has 0 saturated heterocycles. The smallest absolute Gasteiger partial charge is 0.326 e. The number of carboxylic acid groups (broad SMARTS) is 1. The summed E-state index contributed by atoms with van der Waals surface area (Å²) in [6, 6.07) is 15.8. The van der Waals surface area contributed by atoms with Gasteiger partial charge in [-0.05, 0) is 35.9 Å². The van der Waals surface area contributed by atoms with Crippen LogP contribution in [0.5, 0.6) is 0 Å². The number of hydrogen-bond acceptors (Lipinski definition) is 4. The first-order valence-corrected chi connectivity index (χ1v) is 9.55. The monoisotopic (exact) mass is 417 g/mol. The van der Waals surface area contributed by atoms with Crippen LogP contribution in [0.25, 0.3) is 10.9 Å². The number of carboxylic acids is 1. The summed E-state index contributed by atoms with van der Waals surface area (Å²) in [7, 11) is 0. The van der Waals surface area contributed by atoms with Gasteiger partial charge in [0.2, 0.25) is 0 Å². The molecule has 0 aliphatic carbocycles. The number of carbonyl (C=O) groups is 3. The Morgan fingerprint density at radius 2 is 1.74 bits per heavy atom. The zero-order chi connectivity index (χ0) is 21.8. The van der Waals surface area contributed by atoms with E-state index in [1.54, 1.807) is 30.5 Å². The highest BCUT2D eigenvalue weighted by molar-refractivity contribution is 6.08. The lowest BCUT2D eigenvalue weighted by molar-refractivity contribution is -0.139. The van der Waals surface area contributed by atoms with Gasteiger partial charge < -0.3 is 25.1 Å². The topological polar surface area (TPSA) is 124 Å². The number of H-pyrrole nitrogens is 1. The standard InChI is InChI=1S/C23H19N3O5/c27-21(16-7-2-4-9-18(16)25-22(28)20-10-5-11-31-20)26-19(23(29)30)12-14-13-24-17-8-3-1-6-15(14)17/h1-11,13,19,24H,12H2,(H,25,28)(H,26,27)(H,29,30). The molecule has 156 valence electrons. The summed E-state index contributed by atoms with van der Waals surface area (Å²) in [5.74, 6) is -2.19. The van der Waals surface area contributed by atoms with E-state index in [0.717, 1.165) is 16.5 Å². The Kier molecular flexibility index (Phi) is 5.53. The predicted molar refractivity (Wildman–Crippen MR) is 114 cm³/mol. The van der Waals surface area contributed by atoms with Crippen molar-refractivity contribution in [2.24, 2.45) is 0 Å². The number of aromatic nitrogens is 1. The van der Waals surface area contributed by atoms with Crippen LogP contribution in [-0.4, -0.2) is 33.9 Å². The molecule has 1 unspecified atom stereocenters. The molecule has 2 aromatic heterocycles. The molecule has 0 spiro atoms. The molecule has 8 nitrogen and oxygen atoms in total. The zero-order valence-electron chi connectivity index (χ0n) is 16.3.